The number of carbonyl (C=O) groups is 4. The largest absolute Gasteiger partial charge is 0.480 e. The first-order chi connectivity index (χ1) is 16.7. The average Bonchev–Trinajstić information content (AvgIpc) is 3.35. The quantitative estimate of drug-likeness (QED) is 0.591. The molecule has 0 spiro atoms. The fourth-order valence-electron chi connectivity index (χ4n) is 4.20. The third-order valence-corrected chi connectivity index (χ3v) is 5.69. The topological polar surface area (TPSA) is 140 Å². The summed E-state index contributed by atoms with van der Waals surface area (Å²) in [6.45, 7) is 6.21. The molecule has 3 heterocycles. The van der Waals surface area contributed by atoms with Gasteiger partial charge in [-0.2, -0.15) is 0 Å². The molecule has 190 valence electrons. The minimum atomic E-state index is -1.56. The number of aryl methyl sites for hydroxylation is 2. The number of carbonyl (C=O) groups excluding carboxylic acids is 3. The lowest BCUT2D eigenvalue weighted by Gasteiger charge is -2.37. The Morgan fingerprint density at radius 3 is 2.46 bits per heavy atom. The summed E-state index contributed by atoms with van der Waals surface area (Å²) in [6, 6.07) is 2.34. The molecule has 0 radical (unpaired) electrons. The summed E-state index contributed by atoms with van der Waals surface area (Å²) < 4.78 is 21.5. The van der Waals surface area contributed by atoms with Gasteiger partial charge >= 0.3 is 18.2 Å². The highest BCUT2D eigenvalue weighted by Crippen LogP contribution is 2.28. The minimum Gasteiger partial charge on any atom is -0.480 e. The number of ketones is 1. The van der Waals surface area contributed by atoms with E-state index in [0.29, 0.717) is 17.3 Å². The number of amides is 2. The molecule has 0 saturated carbocycles. The molecule has 1 N–H and O–H groups in total. The van der Waals surface area contributed by atoms with Gasteiger partial charge in [-0.15, -0.1) is 0 Å². The van der Waals surface area contributed by atoms with Crippen molar-refractivity contribution in [3.05, 3.63) is 46.8 Å². The van der Waals surface area contributed by atoms with E-state index in [1.165, 1.54) is 0 Å². The Hall–Kier alpha value is -3.76. The first-order valence-corrected chi connectivity index (χ1v) is 11.4. The van der Waals surface area contributed by atoms with Gasteiger partial charge in [-0.1, -0.05) is 0 Å². The maximum Gasteiger partial charge on any atom is 0.410 e. The smallest absolute Gasteiger partial charge is 0.410 e. The van der Waals surface area contributed by atoms with Crippen LogP contribution in [0.5, 0.6) is 0 Å². The molecule has 2 unspecified atom stereocenters. The number of rotatable bonds is 8. The highest BCUT2D eigenvalue weighted by molar-refractivity contribution is 6.00. The number of hydrogen-bond acceptors (Lipinski definition) is 8. The van der Waals surface area contributed by atoms with Crippen molar-refractivity contribution in [3.63, 3.8) is 0 Å². The van der Waals surface area contributed by atoms with Crippen LogP contribution in [0.15, 0.2) is 27.0 Å². The van der Waals surface area contributed by atoms with Crippen LogP contribution < -0.4 is 0 Å². The van der Waals surface area contributed by atoms with Gasteiger partial charge in [-0.05, 0) is 45.9 Å². The van der Waals surface area contributed by atoms with Crippen LogP contribution >= 0.6 is 0 Å². The highest BCUT2D eigenvalue weighted by Gasteiger charge is 2.46. The van der Waals surface area contributed by atoms with Gasteiger partial charge in [0.05, 0.1) is 31.4 Å². The fourth-order valence-corrected chi connectivity index (χ4v) is 4.20. The van der Waals surface area contributed by atoms with Crippen molar-refractivity contribution in [2.75, 3.05) is 26.3 Å². The maximum atomic E-state index is 12.9. The monoisotopic (exact) mass is 490 g/mol. The van der Waals surface area contributed by atoms with Gasteiger partial charge in [0.2, 0.25) is 0 Å². The SMILES string of the molecule is CCOC(=O)N1CC(=O)c2cc(C)oc2CC1C(C(=O)O)N(CCc1ccc(C)o1)C(=O)OCC. The summed E-state index contributed by atoms with van der Waals surface area (Å²) in [4.78, 5) is 53.5. The summed E-state index contributed by atoms with van der Waals surface area (Å²) in [5.41, 5.74) is 0.275. The van der Waals surface area contributed by atoms with Gasteiger partial charge in [0.15, 0.2) is 11.8 Å². The van der Waals surface area contributed by atoms with Crippen molar-refractivity contribution in [1.29, 1.82) is 0 Å². The van der Waals surface area contributed by atoms with Gasteiger partial charge in [0.25, 0.3) is 0 Å². The molecule has 2 aromatic heterocycles. The van der Waals surface area contributed by atoms with Gasteiger partial charge in [0, 0.05) is 19.4 Å². The Morgan fingerprint density at radius 1 is 1.14 bits per heavy atom. The lowest BCUT2D eigenvalue weighted by Crippen LogP contribution is -2.60. The van der Waals surface area contributed by atoms with Crippen LogP contribution in [-0.4, -0.2) is 77.2 Å². The van der Waals surface area contributed by atoms with Crippen molar-refractivity contribution in [2.24, 2.45) is 0 Å². The van der Waals surface area contributed by atoms with Crippen molar-refractivity contribution in [3.8, 4) is 0 Å². The van der Waals surface area contributed by atoms with E-state index in [1.807, 2.05) is 0 Å². The lowest BCUT2D eigenvalue weighted by atomic mass is 9.99. The van der Waals surface area contributed by atoms with Crippen LogP contribution in [0.2, 0.25) is 0 Å². The maximum absolute atomic E-state index is 12.9. The summed E-state index contributed by atoms with van der Waals surface area (Å²) in [5, 5.41) is 10.3. The number of hydrogen-bond donors (Lipinski definition) is 1. The molecular formula is C24H30N2O9. The predicted molar refractivity (Wildman–Crippen MR) is 121 cm³/mol. The summed E-state index contributed by atoms with van der Waals surface area (Å²) >= 11 is 0. The number of fused-ring (bicyclic) bond motifs is 1. The molecule has 1 aliphatic heterocycles. The van der Waals surface area contributed by atoms with Gasteiger partial charge in [-0.3, -0.25) is 14.6 Å². The molecule has 1 aliphatic rings. The van der Waals surface area contributed by atoms with Gasteiger partial charge < -0.3 is 23.4 Å². The normalized spacial score (nSPS) is 16.3. The van der Waals surface area contributed by atoms with E-state index in [-0.39, 0.29) is 43.9 Å². The van der Waals surface area contributed by atoms with Gasteiger partial charge in [0.1, 0.15) is 23.0 Å². The number of carboxylic acid groups (broad SMARTS) is 1. The predicted octanol–water partition coefficient (Wildman–Crippen LogP) is 3.21. The Labute approximate surface area is 202 Å². The summed E-state index contributed by atoms with van der Waals surface area (Å²) in [7, 11) is 0. The van der Waals surface area contributed by atoms with Crippen LogP contribution in [0.1, 0.15) is 47.2 Å². The number of aliphatic carboxylic acids is 1. The molecule has 0 aromatic carbocycles. The molecule has 11 heteroatoms. The first-order valence-electron chi connectivity index (χ1n) is 11.4. The Balaban J connectivity index is 2.04. The molecule has 3 rings (SSSR count). The zero-order valence-corrected chi connectivity index (χ0v) is 20.2. The third kappa shape index (κ3) is 5.84. The first kappa shape index (κ1) is 25.9. The van der Waals surface area contributed by atoms with Crippen LogP contribution in [0.25, 0.3) is 0 Å². The average molecular weight is 491 g/mol. The molecular weight excluding hydrogens is 460 g/mol. The lowest BCUT2D eigenvalue weighted by molar-refractivity contribution is -0.145. The van der Waals surface area contributed by atoms with E-state index >= 15 is 0 Å². The van der Waals surface area contributed by atoms with Crippen LogP contribution in [-0.2, 0) is 27.1 Å². The Bertz CT molecular complexity index is 1090. The molecule has 0 fully saturated rings. The molecule has 35 heavy (non-hydrogen) atoms. The minimum absolute atomic E-state index is 0.0216. The van der Waals surface area contributed by atoms with E-state index in [2.05, 4.69) is 0 Å². The van der Waals surface area contributed by atoms with E-state index in [0.717, 1.165) is 9.80 Å². The Kier molecular flexibility index (Phi) is 8.21. The van der Waals surface area contributed by atoms with E-state index in [1.54, 1.807) is 45.9 Å². The number of Topliss-reactive ketones (excluding diaryl/α,β-unsaturated/α-hetero) is 1. The fraction of sp³-hybridized carbons (Fsp3) is 0.500. The second kappa shape index (κ2) is 11.1. The summed E-state index contributed by atoms with van der Waals surface area (Å²) in [6.07, 6.45) is -1.62. The summed E-state index contributed by atoms with van der Waals surface area (Å²) in [5.74, 6) is 0.185. The highest BCUT2D eigenvalue weighted by atomic mass is 16.6. The van der Waals surface area contributed by atoms with E-state index in [4.69, 9.17) is 18.3 Å². The van der Waals surface area contributed by atoms with Crippen molar-refractivity contribution >= 4 is 23.9 Å². The second-order valence-corrected chi connectivity index (χ2v) is 8.15. The van der Waals surface area contributed by atoms with Crippen LogP contribution in [0.3, 0.4) is 0 Å². The molecule has 2 atom stereocenters. The zero-order chi connectivity index (χ0) is 25.7. The molecule has 0 saturated heterocycles. The molecule has 0 bridgehead atoms. The molecule has 2 amide bonds. The molecule has 0 aliphatic carbocycles. The van der Waals surface area contributed by atoms with Crippen molar-refractivity contribution in [2.45, 2.75) is 52.6 Å². The Morgan fingerprint density at radius 2 is 1.86 bits per heavy atom. The van der Waals surface area contributed by atoms with Gasteiger partial charge in [-0.25, -0.2) is 14.4 Å². The number of ether oxygens (including phenoxy) is 2. The van der Waals surface area contributed by atoms with Crippen molar-refractivity contribution in [1.82, 2.24) is 9.80 Å². The number of nitrogens with zero attached hydrogens (tertiary/aromatic N) is 2. The number of furan rings is 2. The van der Waals surface area contributed by atoms with Crippen LogP contribution in [0.4, 0.5) is 9.59 Å². The molecule has 2 aromatic rings. The molecule has 11 nitrogen and oxygen atoms in total. The zero-order valence-electron chi connectivity index (χ0n) is 20.2. The van der Waals surface area contributed by atoms with Crippen LogP contribution in [0, 0.1) is 13.8 Å². The van der Waals surface area contributed by atoms with Crippen molar-refractivity contribution < 1.29 is 42.6 Å². The second-order valence-electron chi connectivity index (χ2n) is 8.15. The number of carboxylic acids is 1. The third-order valence-electron chi connectivity index (χ3n) is 5.69. The van der Waals surface area contributed by atoms with E-state index < -0.39 is 42.6 Å². The van der Waals surface area contributed by atoms with E-state index in [9.17, 15) is 24.3 Å². The standard InChI is InChI=1S/C24H30N2O9/c1-5-32-23(30)25(10-9-16-8-7-14(3)34-16)21(22(28)29)18-12-20-17(11-15(4)35-20)19(27)13-26(18)24(31)33-6-2/h7-8,11,18,21H,5-6,9-10,12-13H2,1-4H3,(H,28,29).